The summed E-state index contributed by atoms with van der Waals surface area (Å²) in [7, 11) is 4.18. The van der Waals surface area contributed by atoms with Gasteiger partial charge in [-0.05, 0) is 45.1 Å². The summed E-state index contributed by atoms with van der Waals surface area (Å²) in [5, 5.41) is 9.03. The molecule has 0 amide bonds. The highest BCUT2D eigenvalue weighted by molar-refractivity contribution is 5.75. The quantitative estimate of drug-likeness (QED) is 0.760. The summed E-state index contributed by atoms with van der Waals surface area (Å²) in [5.41, 5.74) is 2.10. The predicted molar refractivity (Wildman–Crippen MR) is 86.6 cm³/mol. The summed E-state index contributed by atoms with van der Waals surface area (Å²) in [6.07, 6.45) is 1.14. The molecule has 4 nitrogen and oxygen atoms in total. The molecule has 0 heterocycles. The Morgan fingerprint density at radius 2 is 1.76 bits per heavy atom. The van der Waals surface area contributed by atoms with E-state index in [0.717, 1.165) is 38.2 Å². The first-order valence-corrected chi connectivity index (χ1v) is 7.62. The van der Waals surface area contributed by atoms with E-state index < -0.39 is 11.9 Å². The van der Waals surface area contributed by atoms with Gasteiger partial charge in [0, 0.05) is 19.6 Å². The van der Waals surface area contributed by atoms with Gasteiger partial charge in [-0.3, -0.25) is 9.69 Å². The summed E-state index contributed by atoms with van der Waals surface area (Å²) in [6, 6.07) is 7.97. The number of likely N-dealkylation sites (N-methyl/N-ethyl adjacent to an activating group) is 1. The number of nitrogens with zero attached hydrogens (tertiary/aromatic N) is 2. The topological polar surface area (TPSA) is 43.8 Å². The molecule has 0 spiro atoms. The van der Waals surface area contributed by atoms with Gasteiger partial charge in [-0.1, -0.05) is 31.2 Å². The zero-order valence-electron chi connectivity index (χ0n) is 13.7. The van der Waals surface area contributed by atoms with Gasteiger partial charge in [-0.15, -0.1) is 0 Å². The minimum absolute atomic E-state index is 0.445. The second kappa shape index (κ2) is 8.80. The van der Waals surface area contributed by atoms with Gasteiger partial charge >= 0.3 is 5.97 Å². The molecule has 4 heteroatoms. The Morgan fingerprint density at radius 1 is 1.14 bits per heavy atom. The second-order valence-corrected chi connectivity index (χ2v) is 5.88. The Balaban J connectivity index is 2.64. The third kappa shape index (κ3) is 6.27. The summed E-state index contributed by atoms with van der Waals surface area (Å²) in [4.78, 5) is 15.6. The normalized spacial score (nSPS) is 12.9. The first-order chi connectivity index (χ1) is 9.93. The number of carbonyl (C=O) groups is 1. The Morgan fingerprint density at radius 3 is 2.24 bits per heavy atom. The van der Waals surface area contributed by atoms with E-state index >= 15 is 0 Å². The maximum atomic E-state index is 11.0. The molecule has 21 heavy (non-hydrogen) atoms. The van der Waals surface area contributed by atoms with E-state index in [1.54, 1.807) is 6.92 Å². The van der Waals surface area contributed by atoms with Gasteiger partial charge in [0.25, 0.3) is 0 Å². The van der Waals surface area contributed by atoms with Crippen molar-refractivity contribution in [3.8, 4) is 0 Å². The maximum Gasteiger partial charge on any atom is 0.310 e. The van der Waals surface area contributed by atoms with E-state index in [-0.39, 0.29) is 0 Å². The van der Waals surface area contributed by atoms with Gasteiger partial charge in [0.2, 0.25) is 0 Å². The van der Waals surface area contributed by atoms with Crippen LogP contribution < -0.4 is 0 Å². The van der Waals surface area contributed by atoms with Gasteiger partial charge in [0.1, 0.15) is 0 Å². The Labute approximate surface area is 128 Å². The van der Waals surface area contributed by atoms with Crippen molar-refractivity contribution in [2.24, 2.45) is 0 Å². The fourth-order valence-corrected chi connectivity index (χ4v) is 2.24. The highest BCUT2D eigenvalue weighted by Crippen LogP contribution is 2.17. The van der Waals surface area contributed by atoms with E-state index in [1.807, 2.05) is 24.3 Å². The molecule has 0 saturated carbocycles. The number of hydrogen-bond acceptors (Lipinski definition) is 3. The summed E-state index contributed by atoms with van der Waals surface area (Å²) >= 11 is 0. The average Bonchev–Trinajstić information content (AvgIpc) is 2.45. The minimum Gasteiger partial charge on any atom is -0.481 e. The molecule has 1 unspecified atom stereocenters. The zero-order chi connectivity index (χ0) is 15.8. The molecule has 0 aliphatic carbocycles. The van der Waals surface area contributed by atoms with Crippen LogP contribution in [-0.2, 0) is 11.3 Å². The lowest BCUT2D eigenvalue weighted by atomic mass is 10.00. The molecule has 1 aromatic rings. The number of rotatable bonds is 9. The summed E-state index contributed by atoms with van der Waals surface area (Å²) in [6.45, 7) is 8.02. The van der Waals surface area contributed by atoms with Crippen LogP contribution in [0, 0.1) is 0 Å². The molecule has 0 fully saturated rings. The van der Waals surface area contributed by atoms with E-state index in [0.29, 0.717) is 0 Å². The zero-order valence-corrected chi connectivity index (χ0v) is 13.7. The Hall–Kier alpha value is -1.39. The molecule has 0 saturated heterocycles. The second-order valence-electron chi connectivity index (χ2n) is 5.88. The van der Waals surface area contributed by atoms with Crippen molar-refractivity contribution in [2.75, 3.05) is 33.7 Å². The van der Waals surface area contributed by atoms with Gasteiger partial charge in [0.15, 0.2) is 0 Å². The van der Waals surface area contributed by atoms with Gasteiger partial charge in [-0.2, -0.15) is 0 Å². The lowest BCUT2D eigenvalue weighted by molar-refractivity contribution is -0.138. The molecular weight excluding hydrogens is 264 g/mol. The van der Waals surface area contributed by atoms with Crippen LogP contribution in [0.25, 0.3) is 0 Å². The van der Waals surface area contributed by atoms with Gasteiger partial charge < -0.3 is 10.0 Å². The number of aliphatic carboxylic acids is 1. The molecule has 0 aliphatic heterocycles. The fourth-order valence-electron chi connectivity index (χ4n) is 2.24. The fraction of sp³-hybridized carbons (Fsp3) is 0.588. The summed E-state index contributed by atoms with van der Waals surface area (Å²) < 4.78 is 0. The number of carboxylic acid groups (broad SMARTS) is 1. The highest BCUT2D eigenvalue weighted by Gasteiger charge is 2.13. The van der Waals surface area contributed by atoms with Crippen LogP contribution in [0.3, 0.4) is 0 Å². The van der Waals surface area contributed by atoms with Crippen molar-refractivity contribution in [1.82, 2.24) is 9.80 Å². The van der Waals surface area contributed by atoms with Crippen molar-refractivity contribution >= 4 is 5.97 Å². The van der Waals surface area contributed by atoms with Crippen LogP contribution in [0.4, 0.5) is 0 Å². The van der Waals surface area contributed by atoms with Crippen LogP contribution in [0.1, 0.15) is 37.3 Å². The number of benzene rings is 1. The molecule has 0 aromatic heterocycles. The van der Waals surface area contributed by atoms with Crippen LogP contribution in [0.5, 0.6) is 0 Å². The number of hydrogen-bond donors (Lipinski definition) is 1. The standard InChI is InChI=1S/C17H28N2O2/c1-5-10-19(12-11-18(3)4)13-15-6-8-16(9-7-15)14(2)17(20)21/h6-9,14H,5,10-13H2,1-4H3,(H,20,21). The molecule has 1 aromatic carbocycles. The average molecular weight is 292 g/mol. The van der Waals surface area contributed by atoms with Gasteiger partial charge in [-0.25, -0.2) is 0 Å². The van der Waals surface area contributed by atoms with E-state index in [1.165, 1.54) is 5.56 Å². The minimum atomic E-state index is -0.777. The SMILES string of the molecule is CCCN(CCN(C)C)Cc1ccc(C(C)C(=O)O)cc1. The molecule has 0 aliphatic rings. The van der Waals surface area contributed by atoms with E-state index in [9.17, 15) is 4.79 Å². The van der Waals surface area contributed by atoms with Gasteiger partial charge in [0.05, 0.1) is 5.92 Å². The molecule has 0 bridgehead atoms. The lowest BCUT2D eigenvalue weighted by Crippen LogP contribution is -2.32. The Kier molecular flexibility index (Phi) is 7.40. The van der Waals surface area contributed by atoms with E-state index in [2.05, 4.69) is 30.8 Å². The largest absolute Gasteiger partial charge is 0.481 e. The van der Waals surface area contributed by atoms with Crippen molar-refractivity contribution in [3.05, 3.63) is 35.4 Å². The third-order valence-corrected chi connectivity index (χ3v) is 3.66. The molecular formula is C17H28N2O2. The smallest absolute Gasteiger partial charge is 0.310 e. The first-order valence-electron chi connectivity index (χ1n) is 7.62. The highest BCUT2D eigenvalue weighted by atomic mass is 16.4. The van der Waals surface area contributed by atoms with Crippen molar-refractivity contribution in [1.29, 1.82) is 0 Å². The molecule has 0 radical (unpaired) electrons. The lowest BCUT2D eigenvalue weighted by Gasteiger charge is -2.23. The molecule has 118 valence electrons. The molecule has 1 atom stereocenters. The van der Waals surface area contributed by atoms with Crippen LogP contribution in [0.15, 0.2) is 24.3 Å². The maximum absolute atomic E-state index is 11.0. The van der Waals surface area contributed by atoms with Crippen molar-refractivity contribution < 1.29 is 9.90 Å². The predicted octanol–water partition coefficient (Wildman–Crippen LogP) is 2.65. The van der Waals surface area contributed by atoms with E-state index in [4.69, 9.17) is 5.11 Å². The monoisotopic (exact) mass is 292 g/mol. The third-order valence-electron chi connectivity index (χ3n) is 3.66. The Bertz CT molecular complexity index is 429. The van der Waals surface area contributed by atoms with Crippen molar-refractivity contribution in [2.45, 2.75) is 32.7 Å². The van der Waals surface area contributed by atoms with Crippen LogP contribution >= 0.6 is 0 Å². The molecule has 1 rings (SSSR count). The van der Waals surface area contributed by atoms with Crippen LogP contribution in [0.2, 0.25) is 0 Å². The molecule has 1 N–H and O–H groups in total. The van der Waals surface area contributed by atoms with Crippen molar-refractivity contribution in [3.63, 3.8) is 0 Å². The first kappa shape index (κ1) is 17.7. The summed E-state index contributed by atoms with van der Waals surface area (Å²) in [5.74, 6) is -1.22. The number of carboxylic acids is 1. The van der Waals surface area contributed by atoms with Crippen LogP contribution in [-0.4, -0.2) is 54.6 Å².